The van der Waals surface area contributed by atoms with Crippen molar-refractivity contribution in [3.8, 4) is 0 Å². The number of carboxylic acids is 1. The number of aromatic nitrogens is 2. The Kier molecular flexibility index (Phi) is 3.12. The summed E-state index contributed by atoms with van der Waals surface area (Å²) in [6.45, 7) is 1.87. The molecule has 0 saturated heterocycles. The van der Waals surface area contributed by atoms with Crippen LogP contribution in [0.2, 0.25) is 0 Å². The fourth-order valence-corrected chi connectivity index (χ4v) is 3.14. The van der Waals surface area contributed by atoms with Crippen molar-refractivity contribution in [3.05, 3.63) is 38.0 Å². The predicted octanol–water partition coefficient (Wildman–Crippen LogP) is 2.47. The van der Waals surface area contributed by atoms with Gasteiger partial charge in [-0.25, -0.2) is 9.78 Å². The van der Waals surface area contributed by atoms with Crippen molar-refractivity contribution in [2.24, 2.45) is 0 Å². The van der Waals surface area contributed by atoms with E-state index in [-0.39, 0.29) is 11.4 Å². The number of carbonyl (C=O) groups is 2. The van der Waals surface area contributed by atoms with E-state index in [0.29, 0.717) is 9.35 Å². The van der Waals surface area contributed by atoms with Crippen molar-refractivity contribution in [1.82, 2.24) is 9.97 Å². The molecule has 0 spiro atoms. The molecule has 0 amide bonds. The van der Waals surface area contributed by atoms with Crippen LogP contribution in [0.5, 0.6) is 0 Å². The minimum atomic E-state index is -1.20. The number of halogens is 1. The summed E-state index contributed by atoms with van der Waals surface area (Å²) in [7, 11) is 0. The maximum absolute atomic E-state index is 12.1. The topological polar surface area (TPSA) is 83.0 Å². The molecule has 2 aromatic heterocycles. The fraction of sp³-hybridized carbons (Fsp3) is 0.100. The van der Waals surface area contributed by atoms with E-state index in [0.717, 1.165) is 4.88 Å². The van der Waals surface area contributed by atoms with Crippen LogP contribution in [0.3, 0.4) is 0 Å². The Morgan fingerprint density at radius 2 is 2.24 bits per heavy atom. The summed E-state index contributed by atoms with van der Waals surface area (Å²) in [5, 5.41) is 8.89. The average Bonchev–Trinajstić information content (AvgIpc) is 2.83. The number of H-pyrrole nitrogens is 1. The molecule has 7 heteroatoms. The number of imidazole rings is 1. The van der Waals surface area contributed by atoms with Crippen LogP contribution in [0, 0.1) is 6.92 Å². The molecule has 0 bridgehead atoms. The molecule has 0 aliphatic heterocycles. The summed E-state index contributed by atoms with van der Waals surface area (Å²) in [6.07, 6.45) is 1.20. The number of rotatable bonds is 3. The Hall–Kier alpha value is -1.47. The van der Waals surface area contributed by atoms with Gasteiger partial charge in [0.15, 0.2) is 5.69 Å². The molecule has 0 aliphatic carbocycles. The van der Waals surface area contributed by atoms with Gasteiger partial charge in [0, 0.05) is 9.35 Å². The summed E-state index contributed by atoms with van der Waals surface area (Å²) < 4.78 is 0.657. The first-order chi connectivity index (χ1) is 8.00. The lowest BCUT2D eigenvalue weighted by Crippen LogP contribution is -2.08. The van der Waals surface area contributed by atoms with E-state index >= 15 is 0 Å². The molecule has 2 rings (SSSR count). The van der Waals surface area contributed by atoms with Crippen LogP contribution in [0.4, 0.5) is 0 Å². The minimum absolute atomic E-state index is 0.0694. The van der Waals surface area contributed by atoms with E-state index in [9.17, 15) is 9.59 Å². The van der Waals surface area contributed by atoms with Gasteiger partial charge in [0.05, 0.1) is 11.2 Å². The number of carbonyl (C=O) groups excluding carboxylic acids is 1. The minimum Gasteiger partial charge on any atom is -0.477 e. The van der Waals surface area contributed by atoms with Gasteiger partial charge in [-0.3, -0.25) is 4.79 Å². The number of nitrogens with zero attached hydrogens (tertiary/aromatic N) is 1. The summed E-state index contributed by atoms with van der Waals surface area (Å²) in [6, 6.07) is 1.81. The summed E-state index contributed by atoms with van der Waals surface area (Å²) in [5.41, 5.74) is -0.256. The van der Waals surface area contributed by atoms with Gasteiger partial charge in [-0.1, -0.05) is 0 Å². The van der Waals surface area contributed by atoms with Gasteiger partial charge in [-0.05, 0) is 28.9 Å². The zero-order valence-electron chi connectivity index (χ0n) is 8.65. The summed E-state index contributed by atoms with van der Waals surface area (Å²) in [5.74, 6) is -1.59. The van der Waals surface area contributed by atoms with Gasteiger partial charge in [-0.15, -0.1) is 11.3 Å². The lowest BCUT2D eigenvalue weighted by atomic mass is 10.2. The quantitative estimate of drug-likeness (QED) is 0.852. The maximum Gasteiger partial charge on any atom is 0.354 e. The molecule has 5 nitrogen and oxygen atoms in total. The fourth-order valence-electron chi connectivity index (χ4n) is 1.38. The Morgan fingerprint density at radius 3 is 2.76 bits per heavy atom. The standard InChI is InChI=1S/C10H7BrN2O3S/c1-4-2-5(11)9(17-4)8(14)6-7(10(15)16)13-3-12-6/h2-3H,1H3,(H,12,13)(H,15,16). The third-order valence-electron chi connectivity index (χ3n) is 2.08. The molecule has 0 aromatic carbocycles. The molecular formula is C10H7BrN2O3S. The number of aryl methyl sites for hydroxylation is 1. The molecule has 2 N–H and O–H groups in total. The number of ketones is 1. The van der Waals surface area contributed by atoms with E-state index in [1.54, 1.807) is 0 Å². The number of nitrogens with one attached hydrogen (secondary N) is 1. The zero-order chi connectivity index (χ0) is 12.6. The Bertz CT molecular complexity index is 602. The monoisotopic (exact) mass is 314 g/mol. The molecule has 0 fully saturated rings. The highest BCUT2D eigenvalue weighted by Crippen LogP contribution is 2.29. The second-order valence-corrected chi connectivity index (χ2v) is 5.41. The van der Waals surface area contributed by atoms with Crippen LogP contribution in [-0.2, 0) is 0 Å². The van der Waals surface area contributed by atoms with Crippen LogP contribution in [0.1, 0.15) is 30.7 Å². The molecule has 0 radical (unpaired) electrons. The molecule has 0 aliphatic rings. The van der Waals surface area contributed by atoms with Crippen LogP contribution in [-0.4, -0.2) is 26.8 Å². The van der Waals surface area contributed by atoms with Crippen LogP contribution in [0.15, 0.2) is 16.9 Å². The first-order valence-corrected chi connectivity index (χ1v) is 6.19. The predicted molar refractivity (Wildman–Crippen MR) is 65.7 cm³/mol. The Morgan fingerprint density at radius 1 is 1.53 bits per heavy atom. The van der Waals surface area contributed by atoms with Gasteiger partial charge < -0.3 is 10.1 Å². The maximum atomic E-state index is 12.1. The highest BCUT2D eigenvalue weighted by Gasteiger charge is 2.23. The van der Waals surface area contributed by atoms with Gasteiger partial charge in [-0.2, -0.15) is 0 Å². The van der Waals surface area contributed by atoms with Crippen molar-refractivity contribution in [2.75, 3.05) is 0 Å². The van der Waals surface area contributed by atoms with E-state index in [4.69, 9.17) is 5.11 Å². The van der Waals surface area contributed by atoms with E-state index < -0.39 is 11.8 Å². The molecule has 88 valence electrons. The third-order valence-corrected chi connectivity index (χ3v) is 4.02. The highest BCUT2D eigenvalue weighted by atomic mass is 79.9. The summed E-state index contributed by atoms with van der Waals surface area (Å²) in [4.78, 5) is 30.6. The third kappa shape index (κ3) is 2.16. The second-order valence-electron chi connectivity index (χ2n) is 3.29. The lowest BCUT2D eigenvalue weighted by Gasteiger charge is -1.96. The van der Waals surface area contributed by atoms with E-state index in [1.165, 1.54) is 17.7 Å². The first kappa shape index (κ1) is 12.0. The lowest BCUT2D eigenvalue weighted by molar-refractivity contribution is 0.0687. The Labute approximate surface area is 109 Å². The smallest absolute Gasteiger partial charge is 0.354 e. The largest absolute Gasteiger partial charge is 0.477 e. The van der Waals surface area contributed by atoms with Gasteiger partial charge in [0.2, 0.25) is 5.78 Å². The van der Waals surface area contributed by atoms with Crippen molar-refractivity contribution in [3.63, 3.8) is 0 Å². The number of aromatic amines is 1. The number of aromatic carboxylic acids is 1. The zero-order valence-corrected chi connectivity index (χ0v) is 11.1. The average molecular weight is 315 g/mol. The normalized spacial score (nSPS) is 10.5. The molecule has 2 heterocycles. The van der Waals surface area contributed by atoms with Gasteiger partial charge in [0.1, 0.15) is 5.69 Å². The molecule has 0 atom stereocenters. The molecule has 17 heavy (non-hydrogen) atoms. The van der Waals surface area contributed by atoms with E-state index in [2.05, 4.69) is 25.9 Å². The number of hydrogen-bond donors (Lipinski definition) is 2. The van der Waals surface area contributed by atoms with Crippen molar-refractivity contribution >= 4 is 39.0 Å². The highest BCUT2D eigenvalue weighted by molar-refractivity contribution is 9.10. The van der Waals surface area contributed by atoms with E-state index in [1.807, 2.05) is 13.0 Å². The number of hydrogen-bond acceptors (Lipinski definition) is 4. The number of carboxylic acid groups (broad SMARTS) is 1. The van der Waals surface area contributed by atoms with Crippen LogP contribution >= 0.6 is 27.3 Å². The molecular weight excluding hydrogens is 308 g/mol. The van der Waals surface area contributed by atoms with Crippen molar-refractivity contribution in [1.29, 1.82) is 0 Å². The van der Waals surface area contributed by atoms with Gasteiger partial charge >= 0.3 is 5.97 Å². The Balaban J connectivity index is 2.47. The SMILES string of the molecule is Cc1cc(Br)c(C(=O)c2nc[nH]c2C(=O)O)s1. The second kappa shape index (κ2) is 4.42. The van der Waals surface area contributed by atoms with Crippen molar-refractivity contribution < 1.29 is 14.7 Å². The summed E-state index contributed by atoms with van der Waals surface area (Å²) >= 11 is 4.57. The molecule has 0 unspecified atom stereocenters. The van der Waals surface area contributed by atoms with Crippen LogP contribution in [0.25, 0.3) is 0 Å². The molecule has 0 saturated carbocycles. The number of thiophene rings is 1. The van der Waals surface area contributed by atoms with Crippen LogP contribution < -0.4 is 0 Å². The van der Waals surface area contributed by atoms with Gasteiger partial charge in [0.25, 0.3) is 0 Å². The first-order valence-electron chi connectivity index (χ1n) is 4.58. The van der Waals surface area contributed by atoms with Crippen molar-refractivity contribution in [2.45, 2.75) is 6.92 Å². The molecule has 2 aromatic rings.